The molecule has 0 radical (unpaired) electrons. The average Bonchev–Trinajstić information content (AvgIpc) is 0.812. The Kier molecular flexibility index (Phi) is 89.5. The van der Waals surface area contributed by atoms with Crippen LogP contribution in [0.3, 0.4) is 0 Å². The Bertz CT molecular complexity index is 2950. The van der Waals surface area contributed by atoms with Crippen molar-refractivity contribution in [3.63, 3.8) is 0 Å². The zero-order valence-corrected chi connectivity index (χ0v) is 84.7. The van der Waals surface area contributed by atoms with Gasteiger partial charge in [-0.2, -0.15) is 0 Å². The molecule has 2 rings (SSSR count). The second-order valence-electron chi connectivity index (χ2n) is 35.7. The van der Waals surface area contributed by atoms with E-state index in [0.717, 1.165) is 88.5 Å². The maximum absolute atomic E-state index is 13.0. The van der Waals surface area contributed by atoms with Crippen molar-refractivity contribution in [1.29, 1.82) is 0 Å². The molecule has 0 atom stereocenters. The molecule has 0 aliphatic rings. The molecule has 125 heavy (non-hydrogen) atoms. The van der Waals surface area contributed by atoms with E-state index < -0.39 is 53.9 Å². The summed E-state index contributed by atoms with van der Waals surface area (Å²) >= 11 is 0. The van der Waals surface area contributed by atoms with E-state index in [1.807, 2.05) is 0 Å². The van der Waals surface area contributed by atoms with Crippen molar-refractivity contribution in [1.82, 2.24) is 0 Å². The molecule has 0 heterocycles. The summed E-state index contributed by atoms with van der Waals surface area (Å²) in [6.45, 7) is 9.76. The molecule has 2 aromatic carbocycles. The third-order valence-electron chi connectivity index (χ3n) is 24.0. The molecule has 0 aromatic heterocycles. The van der Waals surface area contributed by atoms with Crippen LogP contribution in [0, 0.1) is 0 Å². The molecular formula is C108H186CaO14S2. The monoisotopic (exact) mass is 1810 g/mol. The molecule has 0 N–H and O–H groups in total. The van der Waals surface area contributed by atoms with E-state index in [1.165, 1.54) is 410 Å². The predicted molar refractivity (Wildman–Crippen MR) is 526 cm³/mol. The van der Waals surface area contributed by atoms with Crippen LogP contribution in [0.5, 0.6) is 0 Å². The third-order valence-corrected chi connectivity index (χ3v) is 25.7. The quantitative estimate of drug-likeness (QED) is 0.0150. The molecule has 0 unspecified atom stereocenters. The van der Waals surface area contributed by atoms with Crippen LogP contribution < -0.4 is 0 Å². The fourth-order valence-electron chi connectivity index (χ4n) is 16.0. The predicted octanol–water partition coefficient (Wildman–Crippen LogP) is 33.4. The smallest absolute Gasteiger partial charge is 0.744 e. The summed E-state index contributed by atoms with van der Waals surface area (Å²) in [7, 11) is -9.64. The molecule has 0 saturated carbocycles. The Morgan fingerprint density at radius 3 is 0.504 bits per heavy atom. The molecule has 0 bridgehead atoms. The van der Waals surface area contributed by atoms with Crippen LogP contribution in [0.15, 0.2) is 94.8 Å². The van der Waals surface area contributed by atoms with Crippen molar-refractivity contribution in [3.05, 3.63) is 107 Å². The van der Waals surface area contributed by atoms with Gasteiger partial charge in [-0.15, -0.1) is 0 Å². The molecule has 716 valence electrons. The summed E-state index contributed by atoms with van der Waals surface area (Å²) in [6.07, 6.45) is 113. The number of esters is 4. The molecule has 0 amide bonds. The standard InChI is InChI=1S/2C54H94O7S.Ca/c2*1-3-5-7-9-11-13-15-17-19-21-23-25-27-29-31-33-35-37-39-41-43-47-60-53(55)51-46-45-50(62(57,58)59)49-52(51)54(56)61-48-44-42-40-38-36-34-32-30-28-26-24-22-20-18-16-14-12-10-8-6-4-2;/h2*11-14,45-46,49H,3-10,15-44,47-48H2,1-2H3,(H,57,58,59);/q;;+2/p-2/b2*13-11+,14-12+;. The minimum Gasteiger partial charge on any atom is -0.744 e. The number of ether oxygens (including phenoxy) is 4. The topological polar surface area (TPSA) is 220 Å². The minimum atomic E-state index is -4.82. The SMILES string of the molecule is CCCCC/C=C/CCCCCCCCCCCCCCCCOC(=O)c1ccc(S(=O)(=O)[O-])cc1C(=O)OCCCCCCCCCCCCCCCC/C=C/CCCCC.CCCCC/C=C/CCCCCCCCCCCCCCCCOC(=O)c1ccc(S(=O)(=O)[O-])cc1C(=O)OCCCCCCCCCCCCCCCC/C=C/CCCCC.[Ca+2]. The number of unbranched alkanes of at least 4 members (excludes halogenated alkanes) is 68. The van der Waals surface area contributed by atoms with Gasteiger partial charge in [-0.05, 0) is 165 Å². The van der Waals surface area contributed by atoms with E-state index in [0.29, 0.717) is 25.7 Å². The normalized spacial score (nSPS) is 11.8. The number of carbonyl (C=O) groups excluding carboxylic acids is 4. The zero-order valence-electron chi connectivity index (χ0n) is 80.9. The summed E-state index contributed by atoms with van der Waals surface area (Å²) in [6, 6.07) is 6.32. The van der Waals surface area contributed by atoms with Crippen LogP contribution in [0.4, 0.5) is 0 Å². The number of rotatable bonds is 90. The first-order valence-electron chi connectivity index (χ1n) is 52.1. The van der Waals surface area contributed by atoms with Crippen LogP contribution >= 0.6 is 0 Å². The number of hydrogen-bond donors (Lipinski definition) is 0. The van der Waals surface area contributed by atoms with E-state index in [2.05, 4.69) is 76.3 Å². The van der Waals surface area contributed by atoms with Crippen molar-refractivity contribution in [2.24, 2.45) is 0 Å². The van der Waals surface area contributed by atoms with E-state index in [9.17, 15) is 45.1 Å². The third kappa shape index (κ3) is 78.7. The van der Waals surface area contributed by atoms with Gasteiger partial charge in [0.1, 0.15) is 20.2 Å². The number of allylic oxidation sites excluding steroid dienone is 8. The number of carbonyl (C=O) groups is 4. The first kappa shape index (κ1) is 121. The van der Waals surface area contributed by atoms with E-state index in [1.54, 1.807) is 0 Å². The zero-order chi connectivity index (χ0) is 90.1. The Labute approximate surface area is 798 Å². The van der Waals surface area contributed by atoms with Crippen LogP contribution in [0.25, 0.3) is 0 Å². The maximum Gasteiger partial charge on any atom is 2.00 e. The molecule has 14 nitrogen and oxygen atoms in total. The first-order chi connectivity index (χ1) is 60.6. The van der Waals surface area contributed by atoms with Gasteiger partial charge in [0.05, 0.1) is 58.5 Å². The largest absolute Gasteiger partial charge is 2.00 e. The summed E-state index contributed by atoms with van der Waals surface area (Å²) < 4.78 is 92.0. The molecule has 0 saturated heterocycles. The van der Waals surface area contributed by atoms with Crippen molar-refractivity contribution in [2.45, 2.75) is 525 Å². The second kappa shape index (κ2) is 92.2. The van der Waals surface area contributed by atoms with Crippen molar-refractivity contribution in [2.75, 3.05) is 26.4 Å². The van der Waals surface area contributed by atoms with E-state index in [-0.39, 0.29) is 86.4 Å². The van der Waals surface area contributed by atoms with Crippen molar-refractivity contribution >= 4 is 81.9 Å². The Hall–Kier alpha value is -3.64. The molecule has 17 heteroatoms. The van der Waals surface area contributed by atoms with Gasteiger partial charge in [0.15, 0.2) is 0 Å². The van der Waals surface area contributed by atoms with Gasteiger partial charge < -0.3 is 28.1 Å². The van der Waals surface area contributed by atoms with Crippen LogP contribution in [-0.2, 0) is 39.2 Å². The Balaban J connectivity index is 0.00000244. The fraction of sp³-hybridized carbons (Fsp3) is 0.778. The van der Waals surface area contributed by atoms with Gasteiger partial charge >= 0.3 is 61.6 Å². The fourth-order valence-corrected chi connectivity index (χ4v) is 16.9. The molecular weight excluding hydrogens is 1630 g/mol. The van der Waals surface area contributed by atoms with Crippen LogP contribution in [0.1, 0.15) is 557 Å². The second-order valence-corrected chi connectivity index (χ2v) is 38.4. The van der Waals surface area contributed by atoms with Gasteiger partial charge in [-0.1, -0.05) is 436 Å². The summed E-state index contributed by atoms with van der Waals surface area (Å²) in [5.41, 5.74) is -0.659. The van der Waals surface area contributed by atoms with Gasteiger partial charge in [-0.3, -0.25) is 0 Å². The van der Waals surface area contributed by atoms with Gasteiger partial charge in [0, 0.05) is 0 Å². The van der Waals surface area contributed by atoms with Gasteiger partial charge in [0.25, 0.3) is 0 Å². The summed E-state index contributed by atoms with van der Waals surface area (Å²) in [5, 5.41) is 0. The molecule has 0 aliphatic heterocycles. The van der Waals surface area contributed by atoms with E-state index in [4.69, 9.17) is 18.9 Å². The summed E-state index contributed by atoms with van der Waals surface area (Å²) in [4.78, 5) is 50.7. The molecule has 0 fully saturated rings. The molecule has 2 aromatic rings. The van der Waals surface area contributed by atoms with Crippen molar-refractivity contribution in [3.8, 4) is 0 Å². The van der Waals surface area contributed by atoms with E-state index >= 15 is 0 Å². The average molecular weight is 1810 g/mol. The first-order valence-corrected chi connectivity index (χ1v) is 54.9. The molecule has 0 aliphatic carbocycles. The molecule has 0 spiro atoms. The van der Waals surface area contributed by atoms with Crippen LogP contribution in [0.2, 0.25) is 0 Å². The van der Waals surface area contributed by atoms with Gasteiger partial charge in [-0.25, -0.2) is 36.0 Å². The number of benzene rings is 2. The summed E-state index contributed by atoms with van der Waals surface area (Å²) in [5.74, 6) is -3.08. The maximum atomic E-state index is 13.0. The minimum absolute atomic E-state index is 0. The number of hydrogen-bond acceptors (Lipinski definition) is 14. The Morgan fingerprint density at radius 2 is 0.352 bits per heavy atom. The van der Waals surface area contributed by atoms with Gasteiger partial charge in [0.2, 0.25) is 0 Å². The van der Waals surface area contributed by atoms with Crippen molar-refractivity contribution < 1.29 is 64.1 Å². The van der Waals surface area contributed by atoms with Crippen LogP contribution in [-0.4, -0.2) is 114 Å². The Morgan fingerprint density at radius 1 is 0.216 bits per heavy atom.